The van der Waals surface area contributed by atoms with Crippen molar-refractivity contribution in [3.8, 4) is 11.5 Å². The molecule has 188 valence electrons. The van der Waals surface area contributed by atoms with Gasteiger partial charge in [0.2, 0.25) is 0 Å². The zero-order valence-corrected chi connectivity index (χ0v) is 21.5. The highest BCUT2D eigenvalue weighted by Crippen LogP contribution is 2.45. The Hall–Kier alpha value is -4.17. The van der Waals surface area contributed by atoms with Gasteiger partial charge in [-0.25, -0.2) is 4.98 Å². The number of anilines is 1. The van der Waals surface area contributed by atoms with Crippen molar-refractivity contribution in [3.05, 3.63) is 89.0 Å². The molecule has 3 aromatic carbocycles. The van der Waals surface area contributed by atoms with Gasteiger partial charge >= 0.3 is 5.91 Å². The van der Waals surface area contributed by atoms with E-state index in [0.717, 1.165) is 10.3 Å². The van der Waals surface area contributed by atoms with E-state index >= 15 is 0 Å². The molecule has 7 nitrogen and oxygen atoms in total. The molecule has 4 aromatic rings. The largest absolute Gasteiger partial charge is 0.507 e. The Balaban J connectivity index is 1.69. The van der Waals surface area contributed by atoms with Gasteiger partial charge in [-0.1, -0.05) is 53.3 Å². The Bertz CT molecular complexity index is 1520. The molecule has 5 rings (SSSR count). The second-order valence-corrected chi connectivity index (χ2v) is 9.61. The number of hydrogen-bond donors (Lipinski definition) is 1. The minimum Gasteiger partial charge on any atom is -0.507 e. The van der Waals surface area contributed by atoms with Crippen LogP contribution in [0.2, 0.25) is 0 Å². The number of aliphatic hydroxyl groups is 1. The van der Waals surface area contributed by atoms with Crippen molar-refractivity contribution in [1.29, 1.82) is 0 Å². The molecule has 1 saturated heterocycles. The lowest BCUT2D eigenvalue weighted by Gasteiger charge is -2.23. The van der Waals surface area contributed by atoms with E-state index in [4.69, 9.17) is 9.47 Å². The zero-order chi connectivity index (χ0) is 26.1. The van der Waals surface area contributed by atoms with E-state index in [1.54, 1.807) is 24.3 Å². The van der Waals surface area contributed by atoms with Gasteiger partial charge in [0.1, 0.15) is 17.3 Å². The molecule has 1 aliphatic heterocycles. The average Bonchev–Trinajstić information content (AvgIpc) is 3.42. The van der Waals surface area contributed by atoms with Crippen LogP contribution in [0, 0.1) is 6.92 Å². The molecule has 1 fully saturated rings. The van der Waals surface area contributed by atoms with E-state index in [1.165, 1.54) is 16.2 Å². The van der Waals surface area contributed by atoms with Crippen LogP contribution in [0.15, 0.2) is 72.3 Å². The van der Waals surface area contributed by atoms with Crippen LogP contribution in [0.3, 0.4) is 0 Å². The molecule has 1 unspecified atom stereocenters. The maximum absolute atomic E-state index is 13.5. The molecule has 0 bridgehead atoms. The molecule has 0 radical (unpaired) electrons. The van der Waals surface area contributed by atoms with E-state index in [-0.39, 0.29) is 11.3 Å². The van der Waals surface area contributed by atoms with Crippen molar-refractivity contribution in [1.82, 2.24) is 4.98 Å². The van der Waals surface area contributed by atoms with E-state index in [1.807, 2.05) is 63.2 Å². The number of aromatic nitrogens is 1. The van der Waals surface area contributed by atoms with Crippen molar-refractivity contribution >= 4 is 44.1 Å². The molecule has 0 aliphatic carbocycles. The van der Waals surface area contributed by atoms with Crippen LogP contribution in [0.1, 0.15) is 36.6 Å². The predicted molar refractivity (Wildman–Crippen MR) is 144 cm³/mol. The second kappa shape index (κ2) is 10.1. The van der Waals surface area contributed by atoms with Crippen molar-refractivity contribution in [2.24, 2.45) is 0 Å². The third-order valence-corrected chi connectivity index (χ3v) is 7.14. The number of nitrogens with zero attached hydrogens (tertiary/aromatic N) is 2. The molecule has 0 saturated carbocycles. The minimum atomic E-state index is -0.881. The molecule has 37 heavy (non-hydrogen) atoms. The van der Waals surface area contributed by atoms with Crippen molar-refractivity contribution < 1.29 is 24.2 Å². The van der Waals surface area contributed by atoms with Crippen LogP contribution in [0.5, 0.6) is 11.5 Å². The fraction of sp³-hybridized carbons (Fsp3) is 0.207. The number of thiazole rings is 1. The van der Waals surface area contributed by atoms with Crippen LogP contribution in [-0.2, 0) is 9.59 Å². The summed E-state index contributed by atoms with van der Waals surface area (Å²) in [5, 5.41) is 11.7. The van der Waals surface area contributed by atoms with Gasteiger partial charge in [-0.3, -0.25) is 14.5 Å². The quantitative estimate of drug-likeness (QED) is 0.184. The van der Waals surface area contributed by atoms with Crippen molar-refractivity contribution in [2.75, 3.05) is 18.1 Å². The predicted octanol–water partition coefficient (Wildman–Crippen LogP) is 6.03. The van der Waals surface area contributed by atoms with Crippen LogP contribution < -0.4 is 14.4 Å². The topological polar surface area (TPSA) is 89.0 Å². The molecule has 2 heterocycles. The van der Waals surface area contributed by atoms with Gasteiger partial charge in [-0.05, 0) is 56.7 Å². The number of Topliss-reactive ketones (excluding diaryl/α,β-unsaturated/α-hetero) is 1. The van der Waals surface area contributed by atoms with Crippen LogP contribution in [-0.4, -0.2) is 35.0 Å². The maximum Gasteiger partial charge on any atom is 0.301 e. The van der Waals surface area contributed by atoms with Gasteiger partial charge in [0, 0.05) is 5.56 Å². The summed E-state index contributed by atoms with van der Waals surface area (Å²) >= 11 is 1.29. The number of amides is 1. The number of ether oxygens (including phenoxy) is 2. The fourth-order valence-electron chi connectivity index (χ4n) is 4.41. The molecule has 1 N–H and O–H groups in total. The van der Waals surface area contributed by atoms with Gasteiger partial charge in [0.15, 0.2) is 5.13 Å². The van der Waals surface area contributed by atoms with Gasteiger partial charge in [0.25, 0.3) is 5.78 Å². The normalized spacial score (nSPS) is 16.9. The number of ketones is 1. The summed E-state index contributed by atoms with van der Waals surface area (Å²) < 4.78 is 12.1. The third kappa shape index (κ3) is 4.56. The second-order valence-electron chi connectivity index (χ2n) is 8.60. The van der Waals surface area contributed by atoms with Crippen LogP contribution in [0.25, 0.3) is 16.0 Å². The van der Waals surface area contributed by atoms with Gasteiger partial charge < -0.3 is 14.6 Å². The molecule has 1 amide bonds. The molecule has 1 atom stereocenters. The Morgan fingerprint density at radius 2 is 1.68 bits per heavy atom. The van der Waals surface area contributed by atoms with E-state index in [0.29, 0.717) is 46.5 Å². The summed E-state index contributed by atoms with van der Waals surface area (Å²) in [6.45, 7) is 6.72. The number of rotatable bonds is 7. The number of carbonyl (C=O) groups is 2. The van der Waals surface area contributed by atoms with Gasteiger partial charge in [-0.2, -0.15) is 0 Å². The Kier molecular flexibility index (Phi) is 6.67. The summed E-state index contributed by atoms with van der Waals surface area (Å²) in [5.41, 5.74) is 2.80. The smallest absolute Gasteiger partial charge is 0.301 e. The Morgan fingerprint density at radius 3 is 2.38 bits per heavy atom. The van der Waals surface area contributed by atoms with E-state index < -0.39 is 17.7 Å². The molecular formula is C29H26N2O5S. The summed E-state index contributed by atoms with van der Waals surface area (Å²) in [5.74, 6) is -0.435. The first kappa shape index (κ1) is 24.5. The summed E-state index contributed by atoms with van der Waals surface area (Å²) in [6.07, 6.45) is 0. The first-order valence-electron chi connectivity index (χ1n) is 12.1. The fourth-order valence-corrected chi connectivity index (χ4v) is 5.43. The lowest BCUT2D eigenvalue weighted by atomic mass is 9.95. The average molecular weight is 515 g/mol. The number of benzene rings is 3. The van der Waals surface area contributed by atoms with E-state index in [9.17, 15) is 14.7 Å². The molecule has 1 aromatic heterocycles. The SMILES string of the molecule is CCOc1cccc(C2C(=C(O)c3ccc(C)cc3)C(=O)C(=O)N2c2nc3ccc(OCC)cc3s2)c1. The first-order chi connectivity index (χ1) is 17.9. The molecule has 8 heteroatoms. The lowest BCUT2D eigenvalue weighted by molar-refractivity contribution is -0.132. The lowest BCUT2D eigenvalue weighted by Crippen LogP contribution is -2.29. The standard InChI is InChI=1S/C29H26N2O5S/c1-4-35-20-8-6-7-19(15-20)25-24(26(32)18-11-9-17(3)10-12-18)27(33)28(34)31(25)29-30-22-14-13-21(36-5-2)16-23(22)37-29/h6-16,25,32H,4-5H2,1-3H3. The van der Waals surface area contributed by atoms with Crippen LogP contribution in [0.4, 0.5) is 5.13 Å². The van der Waals surface area contributed by atoms with Crippen molar-refractivity contribution in [3.63, 3.8) is 0 Å². The highest BCUT2D eigenvalue weighted by molar-refractivity contribution is 7.22. The number of hydrogen-bond acceptors (Lipinski definition) is 7. The number of fused-ring (bicyclic) bond motifs is 1. The summed E-state index contributed by atoms with van der Waals surface area (Å²) in [4.78, 5) is 33.0. The highest BCUT2D eigenvalue weighted by Gasteiger charge is 2.48. The number of carbonyl (C=O) groups excluding carboxylic acids is 2. The zero-order valence-electron chi connectivity index (χ0n) is 20.7. The van der Waals surface area contributed by atoms with Gasteiger partial charge in [0.05, 0.1) is 35.0 Å². The van der Waals surface area contributed by atoms with Crippen molar-refractivity contribution in [2.45, 2.75) is 26.8 Å². The number of aliphatic hydroxyl groups excluding tert-OH is 1. The monoisotopic (exact) mass is 514 g/mol. The van der Waals surface area contributed by atoms with Gasteiger partial charge in [-0.15, -0.1) is 0 Å². The third-order valence-electron chi connectivity index (χ3n) is 6.12. The summed E-state index contributed by atoms with van der Waals surface area (Å²) in [6, 6.07) is 19.0. The summed E-state index contributed by atoms with van der Waals surface area (Å²) in [7, 11) is 0. The molecule has 1 aliphatic rings. The van der Waals surface area contributed by atoms with Crippen LogP contribution >= 0.6 is 11.3 Å². The number of aryl methyl sites for hydroxylation is 1. The Labute approximate surface area is 218 Å². The highest BCUT2D eigenvalue weighted by atomic mass is 32.1. The minimum absolute atomic E-state index is 0.0109. The van der Waals surface area contributed by atoms with E-state index in [2.05, 4.69) is 4.98 Å². The maximum atomic E-state index is 13.5. The first-order valence-corrected chi connectivity index (χ1v) is 12.9. The molecule has 0 spiro atoms. The Morgan fingerprint density at radius 1 is 0.973 bits per heavy atom. The molecular weight excluding hydrogens is 488 g/mol.